The number of rotatable bonds is 3. The summed E-state index contributed by atoms with van der Waals surface area (Å²) in [5.74, 6) is 2.18. The summed E-state index contributed by atoms with van der Waals surface area (Å²) < 4.78 is 0. The molecule has 0 amide bonds. The minimum Gasteiger partial charge on any atom is -0.389 e. The Morgan fingerprint density at radius 3 is 2.32 bits per heavy atom. The second-order valence-corrected chi connectivity index (χ2v) is 13.9. The van der Waals surface area contributed by atoms with Crippen molar-refractivity contribution in [2.75, 3.05) is 0 Å². The van der Waals surface area contributed by atoms with E-state index < -0.39 is 0 Å². The molecule has 0 saturated heterocycles. The van der Waals surface area contributed by atoms with Gasteiger partial charge in [-0.05, 0) is 104 Å². The lowest BCUT2D eigenvalue weighted by atomic mass is 9.33. The standard InChI is InChI=1S/C29H48O2/c1-19(2)22(31)17-25(4)13-16-29(8)24-11-12-27(6)20(3)21(30)9-10-23(27)28(24,7)15-14-26(29,5)18-25/h20,22-24,31H,1,9-18H2,2-8H3/t20-,22-,23+,24-,25-,26-,27+,28-,29+/m0/s1. The van der Waals surface area contributed by atoms with Gasteiger partial charge in [0.15, 0.2) is 0 Å². The summed E-state index contributed by atoms with van der Waals surface area (Å²) in [6.07, 6.45) is 11.2. The van der Waals surface area contributed by atoms with Gasteiger partial charge in [-0.1, -0.05) is 53.7 Å². The van der Waals surface area contributed by atoms with Gasteiger partial charge in [-0.25, -0.2) is 0 Å². The van der Waals surface area contributed by atoms with Crippen LogP contribution in [0.2, 0.25) is 0 Å². The molecule has 2 heteroatoms. The highest BCUT2D eigenvalue weighted by atomic mass is 16.3. The minimum atomic E-state index is -0.372. The number of hydrogen-bond acceptors (Lipinski definition) is 2. The van der Waals surface area contributed by atoms with Crippen LogP contribution in [0.5, 0.6) is 0 Å². The number of aliphatic hydroxyl groups is 1. The molecule has 4 saturated carbocycles. The van der Waals surface area contributed by atoms with Gasteiger partial charge in [-0.2, -0.15) is 0 Å². The number of carbonyl (C=O) groups excluding carboxylic acids is 1. The summed E-state index contributed by atoms with van der Waals surface area (Å²) in [4.78, 5) is 12.6. The second kappa shape index (κ2) is 7.18. The van der Waals surface area contributed by atoms with Crippen LogP contribution in [0.3, 0.4) is 0 Å². The molecule has 0 unspecified atom stereocenters. The number of hydrogen-bond donors (Lipinski definition) is 1. The van der Waals surface area contributed by atoms with Crippen molar-refractivity contribution in [1.82, 2.24) is 0 Å². The molecule has 0 bridgehead atoms. The summed E-state index contributed by atoms with van der Waals surface area (Å²) in [7, 11) is 0. The van der Waals surface area contributed by atoms with E-state index >= 15 is 0 Å². The molecule has 0 spiro atoms. The maximum Gasteiger partial charge on any atom is 0.136 e. The Kier molecular flexibility index (Phi) is 5.45. The molecule has 4 fully saturated rings. The van der Waals surface area contributed by atoms with Crippen LogP contribution < -0.4 is 0 Å². The normalized spacial score (nSPS) is 53.2. The molecule has 4 aliphatic rings. The van der Waals surface area contributed by atoms with Crippen molar-refractivity contribution >= 4 is 5.78 Å². The third-order valence-electron chi connectivity index (χ3n) is 12.2. The third kappa shape index (κ3) is 3.24. The molecule has 4 rings (SSSR count). The van der Waals surface area contributed by atoms with E-state index in [1.807, 2.05) is 6.92 Å². The van der Waals surface area contributed by atoms with Crippen molar-refractivity contribution in [3.8, 4) is 0 Å². The summed E-state index contributed by atoms with van der Waals surface area (Å²) in [5.41, 5.74) is 2.36. The summed E-state index contributed by atoms with van der Waals surface area (Å²) in [6.45, 7) is 20.9. The Hall–Kier alpha value is -0.630. The fourth-order valence-corrected chi connectivity index (χ4v) is 9.82. The third-order valence-corrected chi connectivity index (χ3v) is 12.2. The largest absolute Gasteiger partial charge is 0.389 e. The van der Waals surface area contributed by atoms with Crippen molar-refractivity contribution in [2.24, 2.45) is 44.8 Å². The molecular formula is C29H48O2. The van der Waals surface area contributed by atoms with Gasteiger partial charge in [0, 0.05) is 12.3 Å². The van der Waals surface area contributed by atoms with Crippen molar-refractivity contribution in [3.05, 3.63) is 12.2 Å². The fourth-order valence-electron chi connectivity index (χ4n) is 9.82. The first-order valence-corrected chi connectivity index (χ1v) is 13.1. The number of Topliss-reactive ketones (excluding diaryl/α,β-unsaturated/α-hetero) is 1. The molecule has 0 aromatic carbocycles. The zero-order valence-corrected chi connectivity index (χ0v) is 21.4. The highest BCUT2D eigenvalue weighted by Gasteiger charge is 2.67. The average Bonchev–Trinajstić information content (AvgIpc) is 2.67. The fraction of sp³-hybridized carbons (Fsp3) is 0.897. The Morgan fingerprint density at radius 2 is 1.68 bits per heavy atom. The summed E-state index contributed by atoms with van der Waals surface area (Å²) in [6, 6.07) is 0. The Balaban J connectivity index is 1.64. The quantitative estimate of drug-likeness (QED) is 0.477. The van der Waals surface area contributed by atoms with Gasteiger partial charge in [0.1, 0.15) is 5.78 Å². The van der Waals surface area contributed by atoms with Gasteiger partial charge < -0.3 is 5.11 Å². The van der Waals surface area contributed by atoms with E-state index in [0.29, 0.717) is 27.9 Å². The highest BCUT2D eigenvalue weighted by molar-refractivity contribution is 5.82. The van der Waals surface area contributed by atoms with E-state index in [9.17, 15) is 9.90 Å². The number of fused-ring (bicyclic) bond motifs is 5. The van der Waals surface area contributed by atoms with Gasteiger partial charge in [0.05, 0.1) is 6.10 Å². The van der Waals surface area contributed by atoms with Gasteiger partial charge >= 0.3 is 0 Å². The van der Waals surface area contributed by atoms with Gasteiger partial charge in [-0.15, -0.1) is 0 Å². The maximum absolute atomic E-state index is 12.6. The van der Waals surface area contributed by atoms with E-state index in [0.717, 1.165) is 30.8 Å². The topological polar surface area (TPSA) is 37.3 Å². The molecule has 1 N–H and O–H groups in total. The number of aliphatic hydroxyl groups excluding tert-OH is 1. The average molecular weight is 429 g/mol. The Morgan fingerprint density at radius 1 is 1.00 bits per heavy atom. The van der Waals surface area contributed by atoms with E-state index in [1.54, 1.807) is 0 Å². The molecular weight excluding hydrogens is 380 g/mol. The van der Waals surface area contributed by atoms with Crippen molar-refractivity contribution < 1.29 is 9.90 Å². The first kappa shape index (κ1) is 23.5. The van der Waals surface area contributed by atoms with Crippen molar-refractivity contribution in [1.29, 1.82) is 0 Å². The molecule has 0 heterocycles. The predicted octanol–water partition coefficient (Wildman–Crippen LogP) is 7.35. The Bertz CT molecular complexity index is 771. The highest BCUT2D eigenvalue weighted by Crippen LogP contribution is 2.75. The number of ketones is 1. The van der Waals surface area contributed by atoms with Crippen LogP contribution in [0.15, 0.2) is 12.2 Å². The van der Waals surface area contributed by atoms with Crippen molar-refractivity contribution in [2.45, 2.75) is 119 Å². The van der Waals surface area contributed by atoms with Crippen LogP contribution in [0.1, 0.15) is 113 Å². The van der Waals surface area contributed by atoms with Crippen LogP contribution >= 0.6 is 0 Å². The lowest BCUT2D eigenvalue weighted by Crippen LogP contribution is -2.64. The van der Waals surface area contributed by atoms with Crippen molar-refractivity contribution in [3.63, 3.8) is 0 Å². The first-order chi connectivity index (χ1) is 14.2. The molecule has 0 aliphatic heterocycles. The predicted molar refractivity (Wildman–Crippen MR) is 129 cm³/mol. The summed E-state index contributed by atoms with van der Waals surface area (Å²) >= 11 is 0. The summed E-state index contributed by atoms with van der Waals surface area (Å²) in [5, 5.41) is 10.6. The molecule has 176 valence electrons. The van der Waals surface area contributed by atoms with E-state index in [-0.39, 0.29) is 22.9 Å². The van der Waals surface area contributed by atoms with Crippen LogP contribution in [-0.4, -0.2) is 17.0 Å². The SMILES string of the molecule is C=C(C)[C@@H](O)C[C@]1(C)CC[C@]2(C)[C@H]3CC[C@@]4(C)[C@@H](CCC(=O)[C@@H]4C)[C@]3(C)CC[C@@]2(C)C1. The molecule has 2 nitrogen and oxygen atoms in total. The van der Waals surface area contributed by atoms with Crippen LogP contribution in [0.25, 0.3) is 0 Å². The van der Waals surface area contributed by atoms with Gasteiger partial charge in [0.2, 0.25) is 0 Å². The lowest BCUT2D eigenvalue weighted by Gasteiger charge is -2.72. The molecule has 9 atom stereocenters. The molecule has 0 aromatic heterocycles. The maximum atomic E-state index is 12.6. The van der Waals surface area contributed by atoms with Crippen LogP contribution in [-0.2, 0) is 4.79 Å². The molecule has 0 radical (unpaired) electrons. The zero-order chi connectivity index (χ0) is 23.0. The smallest absolute Gasteiger partial charge is 0.136 e. The minimum absolute atomic E-state index is 0.194. The monoisotopic (exact) mass is 428 g/mol. The molecule has 4 aliphatic carbocycles. The molecule has 31 heavy (non-hydrogen) atoms. The first-order valence-electron chi connectivity index (χ1n) is 13.1. The van der Waals surface area contributed by atoms with Crippen LogP contribution in [0, 0.1) is 44.8 Å². The second-order valence-electron chi connectivity index (χ2n) is 13.9. The van der Waals surface area contributed by atoms with E-state index in [4.69, 9.17) is 0 Å². The number of carbonyl (C=O) groups is 1. The lowest BCUT2D eigenvalue weighted by molar-refractivity contribution is -0.226. The van der Waals surface area contributed by atoms with Gasteiger partial charge in [0.25, 0.3) is 0 Å². The van der Waals surface area contributed by atoms with Crippen LogP contribution in [0.4, 0.5) is 0 Å². The zero-order valence-electron chi connectivity index (χ0n) is 21.4. The van der Waals surface area contributed by atoms with E-state index in [1.165, 1.54) is 44.9 Å². The molecule has 0 aromatic rings. The van der Waals surface area contributed by atoms with E-state index in [2.05, 4.69) is 48.1 Å². The van der Waals surface area contributed by atoms with Gasteiger partial charge in [-0.3, -0.25) is 4.79 Å². The Labute approximate surface area is 191 Å².